The number of nitrogens with one attached hydrogen (secondary N) is 1. The van der Waals surface area contributed by atoms with Gasteiger partial charge >= 0.3 is 5.97 Å². The number of anilines is 1. The fourth-order valence-electron chi connectivity index (χ4n) is 3.47. The number of benzene rings is 1. The maximum Gasteiger partial charge on any atom is 0.341 e. The molecule has 0 aliphatic heterocycles. The van der Waals surface area contributed by atoms with Crippen molar-refractivity contribution in [3.63, 3.8) is 0 Å². The number of thiophene rings is 1. The van der Waals surface area contributed by atoms with Crippen LogP contribution in [0.1, 0.15) is 27.7 Å². The molecule has 0 spiro atoms. The summed E-state index contributed by atoms with van der Waals surface area (Å²) in [6, 6.07) is 11.2. The van der Waals surface area contributed by atoms with E-state index in [0.29, 0.717) is 21.5 Å². The maximum atomic E-state index is 12.9. The van der Waals surface area contributed by atoms with Crippen LogP contribution < -0.4 is 10.1 Å². The Morgan fingerprint density at radius 3 is 2.47 bits per heavy atom. The zero-order valence-electron chi connectivity index (χ0n) is 20.3. The molecule has 4 rings (SSSR count). The average molecular weight is 524 g/mol. The third-order valence-electron chi connectivity index (χ3n) is 5.35. The number of hydrogen-bond donors (Lipinski definition) is 1. The van der Waals surface area contributed by atoms with E-state index in [1.807, 2.05) is 54.8 Å². The smallest absolute Gasteiger partial charge is 0.341 e. The van der Waals surface area contributed by atoms with Crippen LogP contribution in [0.25, 0.3) is 17.1 Å². The van der Waals surface area contributed by atoms with E-state index in [0.717, 1.165) is 27.4 Å². The molecule has 36 heavy (non-hydrogen) atoms. The monoisotopic (exact) mass is 523 g/mol. The number of methoxy groups -OCH3 is 1. The summed E-state index contributed by atoms with van der Waals surface area (Å²) in [6.45, 7) is 5.77. The van der Waals surface area contributed by atoms with Crippen LogP contribution in [-0.2, 0) is 9.53 Å². The third-order valence-corrected chi connectivity index (χ3v) is 7.40. The van der Waals surface area contributed by atoms with Crippen LogP contribution in [-0.4, -0.2) is 51.1 Å². The molecule has 186 valence electrons. The Hall–Kier alpha value is -3.70. The molecule has 0 radical (unpaired) electrons. The molecule has 9 nitrogen and oxygen atoms in total. The van der Waals surface area contributed by atoms with E-state index >= 15 is 0 Å². The molecule has 11 heteroatoms. The Bertz CT molecular complexity index is 1370. The fourth-order valence-corrected chi connectivity index (χ4v) is 5.29. The lowest BCUT2D eigenvalue weighted by Crippen LogP contribution is -2.16. The minimum Gasteiger partial charge on any atom is -0.497 e. The second-order valence-corrected chi connectivity index (χ2v) is 9.79. The van der Waals surface area contributed by atoms with Gasteiger partial charge in [-0.25, -0.2) is 4.79 Å². The summed E-state index contributed by atoms with van der Waals surface area (Å²) in [6.07, 6.45) is 3.38. The van der Waals surface area contributed by atoms with Gasteiger partial charge in [-0.05, 0) is 62.7 Å². The zero-order valence-corrected chi connectivity index (χ0v) is 21.9. The molecule has 3 aromatic heterocycles. The number of ether oxygens (including phenoxy) is 2. The van der Waals surface area contributed by atoms with Crippen LogP contribution in [0.4, 0.5) is 5.00 Å². The second kappa shape index (κ2) is 11.4. The highest BCUT2D eigenvalue weighted by molar-refractivity contribution is 7.99. The Kier molecular flexibility index (Phi) is 8.01. The van der Waals surface area contributed by atoms with Gasteiger partial charge in [0.15, 0.2) is 11.0 Å². The summed E-state index contributed by atoms with van der Waals surface area (Å²) in [4.78, 5) is 30.3. The highest BCUT2D eigenvalue weighted by atomic mass is 32.2. The standard InChI is InChI=1S/C25H25N5O4S2/c1-5-34-24(32)21-15(2)16(3)36-23(21)27-20(31)14-35-25-29-28-22(17-10-12-26-13-11-17)30(25)18-6-8-19(33-4)9-7-18/h6-13H,5,14H2,1-4H3,(H,27,31). The molecule has 0 atom stereocenters. The van der Waals surface area contributed by atoms with Crippen LogP contribution in [0.15, 0.2) is 53.9 Å². The topological polar surface area (TPSA) is 108 Å². The SMILES string of the molecule is CCOC(=O)c1c(NC(=O)CSc2nnc(-c3ccncc3)n2-c2ccc(OC)cc2)sc(C)c1C. The van der Waals surface area contributed by atoms with Gasteiger partial charge in [0.25, 0.3) is 0 Å². The summed E-state index contributed by atoms with van der Waals surface area (Å²) >= 11 is 2.61. The number of carbonyl (C=O) groups is 2. The van der Waals surface area contributed by atoms with Gasteiger partial charge in [-0.2, -0.15) is 0 Å². The van der Waals surface area contributed by atoms with Crippen LogP contribution >= 0.6 is 23.1 Å². The Labute approximate surface area is 216 Å². The van der Waals surface area contributed by atoms with Crippen LogP contribution in [0, 0.1) is 13.8 Å². The summed E-state index contributed by atoms with van der Waals surface area (Å²) in [7, 11) is 1.61. The van der Waals surface area contributed by atoms with E-state index < -0.39 is 5.97 Å². The van der Waals surface area contributed by atoms with Gasteiger partial charge in [-0.3, -0.25) is 14.3 Å². The van der Waals surface area contributed by atoms with E-state index in [-0.39, 0.29) is 18.3 Å². The van der Waals surface area contributed by atoms with Gasteiger partial charge < -0.3 is 14.8 Å². The van der Waals surface area contributed by atoms with E-state index in [2.05, 4.69) is 20.5 Å². The number of nitrogens with zero attached hydrogens (tertiary/aromatic N) is 4. The molecular formula is C25H25N5O4S2. The number of rotatable bonds is 9. The number of pyridine rings is 1. The van der Waals surface area contributed by atoms with Gasteiger partial charge in [-0.1, -0.05) is 11.8 Å². The normalized spacial score (nSPS) is 10.8. The molecular weight excluding hydrogens is 498 g/mol. The Morgan fingerprint density at radius 2 is 1.81 bits per heavy atom. The van der Waals surface area contributed by atoms with Gasteiger partial charge in [0.05, 0.1) is 25.0 Å². The lowest BCUT2D eigenvalue weighted by molar-refractivity contribution is -0.113. The highest BCUT2D eigenvalue weighted by Gasteiger charge is 2.23. The molecule has 3 heterocycles. The average Bonchev–Trinajstić information content (AvgIpc) is 3.43. The number of amides is 1. The van der Waals surface area contributed by atoms with Crippen molar-refractivity contribution in [2.75, 3.05) is 24.8 Å². The van der Waals surface area contributed by atoms with Gasteiger partial charge in [0, 0.05) is 28.5 Å². The van der Waals surface area contributed by atoms with Crippen LogP contribution in [0.3, 0.4) is 0 Å². The number of aromatic nitrogens is 4. The number of carbonyl (C=O) groups excluding carboxylic acids is 2. The largest absolute Gasteiger partial charge is 0.497 e. The molecule has 0 saturated carbocycles. The summed E-state index contributed by atoms with van der Waals surface area (Å²) in [5.74, 6) is 0.720. The fraction of sp³-hybridized carbons (Fsp3) is 0.240. The molecule has 0 fully saturated rings. The van der Waals surface area contributed by atoms with Crippen molar-refractivity contribution in [1.82, 2.24) is 19.7 Å². The minimum atomic E-state index is -0.441. The lowest BCUT2D eigenvalue weighted by atomic mass is 10.1. The van der Waals surface area contributed by atoms with E-state index in [9.17, 15) is 9.59 Å². The van der Waals surface area contributed by atoms with Crippen molar-refractivity contribution >= 4 is 40.0 Å². The van der Waals surface area contributed by atoms with Crippen LogP contribution in [0.5, 0.6) is 5.75 Å². The van der Waals surface area contributed by atoms with Gasteiger partial charge in [-0.15, -0.1) is 21.5 Å². The maximum absolute atomic E-state index is 12.9. The summed E-state index contributed by atoms with van der Waals surface area (Å²) in [5.41, 5.74) is 2.87. The molecule has 0 unspecified atom stereocenters. The first-order valence-electron chi connectivity index (χ1n) is 11.1. The minimum absolute atomic E-state index is 0.0723. The summed E-state index contributed by atoms with van der Waals surface area (Å²) in [5, 5.41) is 12.6. The quantitative estimate of drug-likeness (QED) is 0.243. The molecule has 1 amide bonds. The number of hydrogen-bond acceptors (Lipinski definition) is 9. The zero-order chi connectivity index (χ0) is 25.7. The summed E-state index contributed by atoms with van der Waals surface area (Å²) < 4.78 is 12.3. The first kappa shape index (κ1) is 25.4. The van der Waals surface area contributed by atoms with Gasteiger partial charge in [0.2, 0.25) is 5.91 Å². The number of esters is 1. The van der Waals surface area contributed by atoms with Crippen molar-refractivity contribution in [1.29, 1.82) is 0 Å². The second-order valence-electron chi connectivity index (χ2n) is 7.62. The molecule has 0 saturated heterocycles. The Balaban J connectivity index is 1.58. The number of thioether (sulfide) groups is 1. The molecule has 0 bridgehead atoms. The number of aryl methyl sites for hydroxylation is 1. The highest BCUT2D eigenvalue weighted by Crippen LogP contribution is 2.34. The van der Waals surface area contributed by atoms with Crippen molar-refractivity contribution in [3.8, 4) is 22.8 Å². The predicted octanol–water partition coefficient (Wildman–Crippen LogP) is 4.92. The lowest BCUT2D eigenvalue weighted by Gasteiger charge is -2.11. The van der Waals surface area contributed by atoms with E-state index in [4.69, 9.17) is 9.47 Å². The van der Waals surface area contributed by atoms with Crippen molar-refractivity contribution < 1.29 is 19.1 Å². The molecule has 0 aliphatic rings. The molecule has 1 aromatic carbocycles. The molecule has 0 aliphatic carbocycles. The van der Waals surface area contributed by atoms with Crippen molar-refractivity contribution in [2.24, 2.45) is 0 Å². The predicted molar refractivity (Wildman–Crippen MR) is 140 cm³/mol. The van der Waals surface area contributed by atoms with Gasteiger partial charge in [0.1, 0.15) is 10.8 Å². The van der Waals surface area contributed by atoms with Crippen molar-refractivity contribution in [3.05, 3.63) is 64.8 Å². The van der Waals surface area contributed by atoms with Crippen LogP contribution in [0.2, 0.25) is 0 Å². The Morgan fingerprint density at radius 1 is 1.08 bits per heavy atom. The van der Waals surface area contributed by atoms with Crippen molar-refractivity contribution in [2.45, 2.75) is 25.9 Å². The molecule has 1 N–H and O–H groups in total. The first-order chi connectivity index (χ1) is 17.4. The third kappa shape index (κ3) is 5.42. The first-order valence-corrected chi connectivity index (χ1v) is 12.9. The van der Waals surface area contributed by atoms with E-state index in [1.165, 1.54) is 23.1 Å². The molecule has 4 aromatic rings. The van der Waals surface area contributed by atoms with E-state index in [1.54, 1.807) is 26.4 Å².